The van der Waals surface area contributed by atoms with Gasteiger partial charge in [0.05, 0.1) is 16.7 Å². The number of benzene rings is 1. The van der Waals surface area contributed by atoms with Gasteiger partial charge in [-0.15, -0.1) is 0 Å². The smallest absolute Gasteiger partial charge is 0.404 e. The van der Waals surface area contributed by atoms with Gasteiger partial charge in [0.2, 0.25) is 0 Å². The minimum Gasteiger partial charge on any atom is -0.507 e. The summed E-state index contributed by atoms with van der Waals surface area (Å²) in [7, 11) is 3.24. The van der Waals surface area contributed by atoms with Crippen molar-refractivity contribution in [2.45, 2.75) is 43.4 Å². The Hall–Kier alpha value is -3.68. The first-order valence-corrected chi connectivity index (χ1v) is 11.0. The summed E-state index contributed by atoms with van der Waals surface area (Å²) < 4.78 is 0. The zero-order valence-corrected chi connectivity index (χ0v) is 19.6. The lowest BCUT2D eigenvalue weighted by Crippen LogP contribution is -2.61. The standard InChI is InChI=1S/C23H28N2O11/c1-25(2)12-5-10(8-24-21(33)34)18(30)15-11(12)7-23(36)9-22(35,3-4-26)16(13(27)6-14(28)29)20(32)17(23)19(15)31/h5,16,24,26,30-31,35-36H,3-4,6-9H2,1-2H3,(H,28,29)(H,33,34). The topological polar surface area (TPSA) is 225 Å². The van der Waals surface area contributed by atoms with Gasteiger partial charge in [-0.25, -0.2) is 4.79 Å². The number of carbonyl (C=O) groups is 4. The number of aliphatic carboxylic acids is 1. The fraction of sp³-hybridized carbons (Fsp3) is 0.478. The van der Waals surface area contributed by atoms with Crippen molar-refractivity contribution in [3.8, 4) is 5.75 Å². The van der Waals surface area contributed by atoms with E-state index in [4.69, 9.17) is 10.2 Å². The molecule has 3 unspecified atom stereocenters. The number of aliphatic hydroxyl groups excluding tert-OH is 2. The van der Waals surface area contributed by atoms with Gasteiger partial charge >= 0.3 is 12.1 Å². The molecule has 3 atom stereocenters. The normalized spacial score (nSPS) is 25.1. The minimum absolute atomic E-state index is 0.0518. The largest absolute Gasteiger partial charge is 0.507 e. The Morgan fingerprint density at radius 2 is 1.81 bits per heavy atom. The summed E-state index contributed by atoms with van der Waals surface area (Å²) in [6, 6.07) is 1.44. The average molecular weight is 508 g/mol. The van der Waals surface area contributed by atoms with Crippen molar-refractivity contribution < 1.29 is 54.9 Å². The molecule has 196 valence electrons. The maximum Gasteiger partial charge on any atom is 0.404 e. The number of nitrogens with zero attached hydrogens (tertiary/aromatic N) is 1. The third kappa shape index (κ3) is 4.47. The Balaban J connectivity index is 2.28. The van der Waals surface area contributed by atoms with Crippen LogP contribution in [0.15, 0.2) is 11.6 Å². The van der Waals surface area contributed by atoms with Crippen molar-refractivity contribution in [3.05, 3.63) is 28.3 Å². The van der Waals surface area contributed by atoms with Crippen LogP contribution in [0.5, 0.6) is 5.75 Å². The van der Waals surface area contributed by atoms with Gasteiger partial charge in [-0.3, -0.25) is 14.4 Å². The zero-order valence-electron chi connectivity index (χ0n) is 19.6. The summed E-state index contributed by atoms with van der Waals surface area (Å²) >= 11 is 0. The van der Waals surface area contributed by atoms with Gasteiger partial charge in [0, 0.05) is 57.8 Å². The van der Waals surface area contributed by atoms with Crippen molar-refractivity contribution in [2.24, 2.45) is 5.92 Å². The fourth-order valence-electron chi connectivity index (χ4n) is 5.23. The molecule has 3 rings (SSSR count). The number of hydrogen-bond donors (Lipinski definition) is 8. The van der Waals surface area contributed by atoms with Crippen LogP contribution in [0.4, 0.5) is 10.5 Å². The molecule has 1 saturated carbocycles. The fourth-order valence-corrected chi connectivity index (χ4v) is 5.23. The van der Waals surface area contributed by atoms with Crippen LogP contribution < -0.4 is 10.2 Å². The molecule has 36 heavy (non-hydrogen) atoms. The minimum atomic E-state index is -2.31. The van der Waals surface area contributed by atoms with E-state index < -0.39 is 90.1 Å². The van der Waals surface area contributed by atoms with E-state index in [0.29, 0.717) is 5.69 Å². The number of phenolic OH excluding ortho intramolecular Hbond substituents is 1. The number of rotatable bonds is 8. The number of amides is 1. The molecule has 1 amide bonds. The average Bonchev–Trinajstić information content (AvgIpc) is 2.71. The van der Waals surface area contributed by atoms with Crippen molar-refractivity contribution in [3.63, 3.8) is 0 Å². The molecule has 0 aliphatic heterocycles. The molecule has 0 aromatic heterocycles. The maximum atomic E-state index is 13.5. The lowest BCUT2D eigenvalue weighted by atomic mass is 9.59. The highest BCUT2D eigenvalue weighted by atomic mass is 16.4. The van der Waals surface area contributed by atoms with Crippen LogP contribution >= 0.6 is 0 Å². The van der Waals surface area contributed by atoms with Crippen molar-refractivity contribution in [2.75, 3.05) is 25.6 Å². The van der Waals surface area contributed by atoms with Gasteiger partial charge in [0.15, 0.2) is 11.6 Å². The summed E-state index contributed by atoms with van der Waals surface area (Å²) in [6.45, 7) is -1.03. The Kier molecular flexibility index (Phi) is 7.03. The Morgan fingerprint density at radius 3 is 2.33 bits per heavy atom. The predicted molar refractivity (Wildman–Crippen MR) is 123 cm³/mol. The highest BCUT2D eigenvalue weighted by Gasteiger charge is 2.61. The summed E-state index contributed by atoms with van der Waals surface area (Å²) in [6.07, 6.45) is -4.09. The van der Waals surface area contributed by atoms with E-state index in [9.17, 15) is 44.7 Å². The van der Waals surface area contributed by atoms with Gasteiger partial charge in [-0.2, -0.15) is 0 Å². The Bertz CT molecular complexity index is 1180. The van der Waals surface area contributed by atoms with E-state index in [0.717, 1.165) is 0 Å². The van der Waals surface area contributed by atoms with Gasteiger partial charge in [-0.1, -0.05) is 0 Å². The third-order valence-corrected chi connectivity index (χ3v) is 6.62. The van der Waals surface area contributed by atoms with E-state index >= 15 is 0 Å². The first-order chi connectivity index (χ1) is 16.7. The number of carboxylic acid groups (broad SMARTS) is 2. The molecule has 0 radical (unpaired) electrons. The van der Waals surface area contributed by atoms with Crippen molar-refractivity contribution in [1.82, 2.24) is 5.32 Å². The van der Waals surface area contributed by atoms with E-state index in [1.807, 2.05) is 0 Å². The second kappa shape index (κ2) is 9.41. The van der Waals surface area contributed by atoms with E-state index in [-0.39, 0.29) is 23.2 Å². The van der Waals surface area contributed by atoms with Crippen molar-refractivity contribution in [1.29, 1.82) is 0 Å². The molecule has 1 aromatic rings. The molecular formula is C23H28N2O11. The SMILES string of the molecule is CN(C)c1cc(CNC(=O)O)c(O)c2c1CC1(O)CC(O)(CCO)C(C(=O)CC(=O)O)C(=O)C1=C2O. The maximum absolute atomic E-state index is 13.5. The lowest BCUT2D eigenvalue weighted by Gasteiger charge is -2.49. The number of fused-ring (bicyclic) bond motifs is 2. The number of anilines is 1. The molecule has 13 heteroatoms. The second-order valence-electron chi connectivity index (χ2n) is 9.33. The molecule has 0 heterocycles. The number of carbonyl (C=O) groups excluding carboxylic acids is 2. The number of nitrogens with one attached hydrogen (secondary N) is 1. The van der Waals surface area contributed by atoms with Crippen LogP contribution in [0.25, 0.3) is 5.76 Å². The number of ketones is 2. The van der Waals surface area contributed by atoms with E-state index in [1.165, 1.54) is 6.07 Å². The summed E-state index contributed by atoms with van der Waals surface area (Å²) in [5.41, 5.74) is -4.86. The monoisotopic (exact) mass is 508 g/mol. The number of aromatic hydroxyl groups is 1. The molecule has 2 aliphatic rings. The lowest BCUT2D eigenvalue weighted by molar-refractivity contribution is -0.160. The predicted octanol–water partition coefficient (Wildman–Crippen LogP) is -0.472. The molecule has 1 aromatic carbocycles. The highest BCUT2D eigenvalue weighted by molar-refractivity contribution is 6.18. The number of phenols is 1. The first-order valence-electron chi connectivity index (χ1n) is 11.0. The number of aliphatic hydroxyl groups is 4. The highest BCUT2D eigenvalue weighted by Crippen LogP contribution is 2.53. The van der Waals surface area contributed by atoms with Crippen LogP contribution in [0.3, 0.4) is 0 Å². The third-order valence-electron chi connectivity index (χ3n) is 6.62. The molecule has 0 spiro atoms. The van der Waals surface area contributed by atoms with E-state index in [1.54, 1.807) is 19.0 Å². The van der Waals surface area contributed by atoms with Crippen molar-refractivity contribution >= 4 is 35.1 Å². The second-order valence-corrected chi connectivity index (χ2v) is 9.33. The number of Topliss-reactive ketones (excluding diaryl/α,β-unsaturated/α-hetero) is 2. The van der Waals surface area contributed by atoms with Gasteiger partial charge in [0.1, 0.15) is 29.4 Å². The van der Waals surface area contributed by atoms with E-state index in [2.05, 4.69) is 5.32 Å². The zero-order chi connectivity index (χ0) is 27.2. The molecule has 1 fully saturated rings. The van der Waals surface area contributed by atoms with Gasteiger partial charge < -0.3 is 46.0 Å². The van der Waals surface area contributed by atoms with Crippen LogP contribution in [0.2, 0.25) is 0 Å². The van der Waals surface area contributed by atoms with Crippen LogP contribution in [0.1, 0.15) is 36.0 Å². The summed E-state index contributed by atoms with van der Waals surface area (Å²) in [4.78, 5) is 49.9. The quantitative estimate of drug-likeness (QED) is 0.209. The molecule has 2 aliphatic carbocycles. The molecule has 13 nitrogen and oxygen atoms in total. The Labute approximate surface area is 204 Å². The number of hydrogen-bond acceptors (Lipinski definition) is 10. The number of carboxylic acids is 1. The Morgan fingerprint density at radius 1 is 1.17 bits per heavy atom. The molecule has 0 bridgehead atoms. The molecule has 8 N–H and O–H groups in total. The van der Waals surface area contributed by atoms with Crippen LogP contribution in [0, 0.1) is 5.92 Å². The van der Waals surface area contributed by atoms with Crippen LogP contribution in [-0.2, 0) is 27.3 Å². The molecular weight excluding hydrogens is 480 g/mol. The summed E-state index contributed by atoms with van der Waals surface area (Å²) in [5, 5.41) is 74.5. The summed E-state index contributed by atoms with van der Waals surface area (Å²) in [5.74, 6) is -7.39. The van der Waals surface area contributed by atoms with Gasteiger partial charge in [0.25, 0.3) is 0 Å². The first kappa shape index (κ1) is 26.9. The van der Waals surface area contributed by atoms with Gasteiger partial charge in [-0.05, 0) is 11.6 Å². The van der Waals surface area contributed by atoms with Crippen LogP contribution in [-0.4, -0.2) is 91.3 Å². The molecule has 0 saturated heterocycles.